The highest BCUT2D eigenvalue weighted by atomic mass is 16.4. The van der Waals surface area contributed by atoms with Crippen LogP contribution in [-0.4, -0.2) is 25.3 Å². The van der Waals surface area contributed by atoms with Crippen molar-refractivity contribution in [2.75, 3.05) is 0 Å². The van der Waals surface area contributed by atoms with Crippen LogP contribution in [0.15, 0.2) is 16.9 Å². The first-order chi connectivity index (χ1) is 8.45. The molecule has 96 valence electrons. The van der Waals surface area contributed by atoms with Gasteiger partial charge in [0, 0.05) is 18.7 Å². The number of carboxylic acids is 1. The first kappa shape index (κ1) is 12.3. The zero-order valence-electron chi connectivity index (χ0n) is 10.5. The van der Waals surface area contributed by atoms with Gasteiger partial charge in [-0.05, 0) is 12.8 Å². The minimum atomic E-state index is -1.11. The zero-order valence-corrected chi connectivity index (χ0v) is 10.5. The van der Waals surface area contributed by atoms with Crippen LogP contribution in [0.4, 0.5) is 0 Å². The van der Waals surface area contributed by atoms with Gasteiger partial charge in [0.15, 0.2) is 0 Å². The first-order valence-electron chi connectivity index (χ1n) is 5.82. The van der Waals surface area contributed by atoms with Gasteiger partial charge >= 0.3 is 5.97 Å². The van der Waals surface area contributed by atoms with Crippen LogP contribution >= 0.6 is 0 Å². The second kappa shape index (κ2) is 4.29. The van der Waals surface area contributed by atoms with Crippen LogP contribution in [-0.2, 0) is 6.54 Å². The number of fused-ring (bicyclic) bond motifs is 1. The van der Waals surface area contributed by atoms with Crippen molar-refractivity contribution in [2.24, 2.45) is 0 Å². The maximum Gasteiger partial charge on any atom is 0.352 e. The van der Waals surface area contributed by atoms with Gasteiger partial charge < -0.3 is 9.67 Å². The van der Waals surface area contributed by atoms with E-state index < -0.39 is 11.5 Å². The average Bonchev–Trinajstić information content (AvgIpc) is 2.74. The van der Waals surface area contributed by atoms with Crippen molar-refractivity contribution >= 4 is 11.6 Å². The summed E-state index contributed by atoms with van der Waals surface area (Å²) in [6.45, 7) is 6.24. The molecule has 0 atom stereocenters. The maximum absolute atomic E-state index is 11.8. The van der Waals surface area contributed by atoms with Crippen LogP contribution < -0.4 is 5.56 Å². The van der Waals surface area contributed by atoms with Crippen molar-refractivity contribution in [2.45, 2.75) is 33.2 Å². The molecule has 0 bridgehead atoms. The van der Waals surface area contributed by atoms with Gasteiger partial charge in [-0.3, -0.25) is 4.79 Å². The van der Waals surface area contributed by atoms with E-state index in [2.05, 4.69) is 5.10 Å². The van der Waals surface area contributed by atoms with Gasteiger partial charge in [0.2, 0.25) is 0 Å². The van der Waals surface area contributed by atoms with Crippen molar-refractivity contribution in [1.82, 2.24) is 14.2 Å². The van der Waals surface area contributed by atoms with Crippen LogP contribution in [0.5, 0.6) is 0 Å². The molecule has 18 heavy (non-hydrogen) atoms. The molecule has 0 unspecified atom stereocenters. The number of carboxylic acid groups (broad SMARTS) is 1. The summed E-state index contributed by atoms with van der Waals surface area (Å²) >= 11 is 0. The van der Waals surface area contributed by atoms with Gasteiger partial charge in [-0.25, -0.2) is 4.79 Å². The number of hydrogen-bond donors (Lipinski definition) is 1. The molecule has 0 saturated carbocycles. The lowest BCUT2D eigenvalue weighted by Gasteiger charge is -2.09. The average molecular weight is 249 g/mol. The molecule has 0 fully saturated rings. The van der Waals surface area contributed by atoms with Crippen LogP contribution in [0.25, 0.3) is 5.65 Å². The minimum absolute atomic E-state index is 0.00907. The first-order valence-corrected chi connectivity index (χ1v) is 5.82. The van der Waals surface area contributed by atoms with Crippen LogP contribution in [0, 0.1) is 0 Å². The molecule has 6 nitrogen and oxygen atoms in total. The van der Waals surface area contributed by atoms with Crippen LogP contribution in [0.3, 0.4) is 0 Å². The fourth-order valence-corrected chi connectivity index (χ4v) is 1.91. The van der Waals surface area contributed by atoms with E-state index in [0.29, 0.717) is 12.2 Å². The smallest absolute Gasteiger partial charge is 0.352 e. The Morgan fingerprint density at radius 3 is 2.61 bits per heavy atom. The van der Waals surface area contributed by atoms with E-state index in [9.17, 15) is 9.59 Å². The van der Waals surface area contributed by atoms with E-state index in [1.54, 1.807) is 10.6 Å². The Bertz CT molecular complexity index is 667. The number of hydrogen-bond acceptors (Lipinski definition) is 3. The highest BCUT2D eigenvalue weighted by Gasteiger charge is 2.16. The van der Waals surface area contributed by atoms with E-state index in [1.165, 1.54) is 4.52 Å². The maximum atomic E-state index is 11.8. The van der Waals surface area contributed by atoms with Crippen molar-refractivity contribution < 1.29 is 9.90 Å². The molecule has 1 N–H and O–H groups in total. The molecule has 0 aliphatic carbocycles. The molecule has 2 aromatic heterocycles. The quantitative estimate of drug-likeness (QED) is 0.890. The summed E-state index contributed by atoms with van der Waals surface area (Å²) in [7, 11) is 0. The lowest BCUT2D eigenvalue weighted by molar-refractivity contribution is 0.0684. The second-order valence-corrected chi connectivity index (χ2v) is 4.41. The zero-order chi connectivity index (χ0) is 13.4. The summed E-state index contributed by atoms with van der Waals surface area (Å²) in [5.41, 5.74) is 0.868. The molecule has 0 amide bonds. The van der Waals surface area contributed by atoms with E-state index >= 15 is 0 Å². The number of aromatic nitrogens is 3. The Balaban J connectivity index is 2.87. The Kier molecular flexibility index (Phi) is 2.94. The van der Waals surface area contributed by atoms with Crippen molar-refractivity contribution in [3.05, 3.63) is 33.9 Å². The fourth-order valence-electron chi connectivity index (χ4n) is 1.91. The summed E-state index contributed by atoms with van der Waals surface area (Å²) in [6, 6.07) is 2.87. The molecule has 0 radical (unpaired) electrons. The molecule has 0 spiro atoms. The normalized spacial score (nSPS) is 11.3. The fraction of sp³-hybridized carbons (Fsp3) is 0.417. The molecular weight excluding hydrogens is 234 g/mol. The molecular formula is C12H15N3O3. The molecule has 0 aliphatic heterocycles. The van der Waals surface area contributed by atoms with Crippen molar-refractivity contribution in [1.29, 1.82) is 0 Å². The number of aromatic carboxylic acids is 1. The Morgan fingerprint density at radius 2 is 2.11 bits per heavy atom. The molecule has 2 heterocycles. The third-order valence-electron chi connectivity index (χ3n) is 2.87. The van der Waals surface area contributed by atoms with Gasteiger partial charge in [0.05, 0.1) is 5.69 Å². The Morgan fingerprint density at radius 1 is 1.44 bits per heavy atom. The van der Waals surface area contributed by atoms with Gasteiger partial charge in [-0.15, -0.1) is 0 Å². The van der Waals surface area contributed by atoms with Gasteiger partial charge in [-0.2, -0.15) is 9.61 Å². The SMILES string of the molecule is CCn1c(C(=O)O)cc(=O)n2nc(C(C)C)cc12. The van der Waals surface area contributed by atoms with Gasteiger partial charge in [0.1, 0.15) is 11.3 Å². The lowest BCUT2D eigenvalue weighted by atomic mass is 10.1. The monoisotopic (exact) mass is 249 g/mol. The number of carbonyl (C=O) groups is 1. The largest absolute Gasteiger partial charge is 0.477 e. The number of rotatable bonds is 3. The molecule has 2 aromatic rings. The molecule has 0 aliphatic rings. The summed E-state index contributed by atoms with van der Waals surface area (Å²) in [5, 5.41) is 13.3. The highest BCUT2D eigenvalue weighted by molar-refractivity contribution is 5.86. The topological polar surface area (TPSA) is 76.6 Å². The molecule has 0 saturated heterocycles. The number of nitrogens with zero attached hydrogens (tertiary/aromatic N) is 3. The number of aryl methyl sites for hydroxylation is 1. The Labute approximate surface area is 103 Å². The summed E-state index contributed by atoms with van der Waals surface area (Å²) in [4.78, 5) is 23.0. The van der Waals surface area contributed by atoms with E-state index in [0.717, 1.165) is 11.8 Å². The molecule has 0 aromatic carbocycles. The Hall–Kier alpha value is -2.11. The standard InChI is InChI=1S/C12H15N3O3/c1-4-14-9(12(17)18)6-11(16)15-10(14)5-8(13-15)7(2)3/h5-7H,4H2,1-3H3,(H,17,18). The second-order valence-electron chi connectivity index (χ2n) is 4.41. The highest BCUT2D eigenvalue weighted by Crippen LogP contribution is 2.15. The van der Waals surface area contributed by atoms with E-state index in [1.807, 2.05) is 20.8 Å². The molecule has 2 rings (SSSR count). The van der Waals surface area contributed by atoms with E-state index in [4.69, 9.17) is 5.11 Å². The lowest BCUT2D eigenvalue weighted by Crippen LogP contribution is -2.23. The van der Waals surface area contributed by atoms with Crippen LogP contribution in [0.1, 0.15) is 42.9 Å². The predicted octanol–water partition coefficient (Wildman–Crippen LogP) is 1.34. The molecule has 6 heteroatoms. The summed E-state index contributed by atoms with van der Waals surface area (Å²) in [6.07, 6.45) is 0. The van der Waals surface area contributed by atoms with Crippen LogP contribution in [0.2, 0.25) is 0 Å². The summed E-state index contributed by atoms with van der Waals surface area (Å²) < 4.78 is 2.83. The third kappa shape index (κ3) is 1.79. The minimum Gasteiger partial charge on any atom is -0.477 e. The van der Waals surface area contributed by atoms with Crippen molar-refractivity contribution in [3.63, 3.8) is 0 Å². The van der Waals surface area contributed by atoms with Crippen molar-refractivity contribution in [3.8, 4) is 0 Å². The van der Waals surface area contributed by atoms with Gasteiger partial charge in [-0.1, -0.05) is 13.8 Å². The predicted molar refractivity (Wildman–Crippen MR) is 66.2 cm³/mol. The third-order valence-corrected chi connectivity index (χ3v) is 2.87. The van der Waals surface area contributed by atoms with Gasteiger partial charge in [0.25, 0.3) is 5.56 Å². The summed E-state index contributed by atoms with van der Waals surface area (Å²) in [5.74, 6) is -0.924. The van der Waals surface area contributed by atoms with E-state index in [-0.39, 0.29) is 11.6 Å².